The van der Waals surface area contributed by atoms with Gasteiger partial charge in [-0.2, -0.15) is 0 Å². The van der Waals surface area contributed by atoms with Crippen LogP contribution in [0.2, 0.25) is 0 Å². The predicted octanol–water partition coefficient (Wildman–Crippen LogP) is 1.43. The van der Waals surface area contributed by atoms with Gasteiger partial charge in [-0.15, -0.1) is 11.8 Å². The highest BCUT2D eigenvalue weighted by Crippen LogP contribution is 2.33. The van der Waals surface area contributed by atoms with E-state index in [4.69, 9.17) is 4.74 Å². The standard InChI is InChI=1S/C8H15FO2S/c1-4(2)7-6(10)5(9)8(11-7)12-3/h4-8,10H,1-3H3/t5-,6+,7-,8+/m1/s1. The zero-order chi connectivity index (χ0) is 9.30. The van der Waals surface area contributed by atoms with Crippen molar-refractivity contribution in [1.29, 1.82) is 0 Å². The molecule has 1 heterocycles. The Hall–Kier alpha value is 0.200. The molecular weight excluding hydrogens is 179 g/mol. The van der Waals surface area contributed by atoms with Crippen molar-refractivity contribution in [1.82, 2.24) is 0 Å². The lowest BCUT2D eigenvalue weighted by Gasteiger charge is -2.17. The molecule has 4 heteroatoms. The van der Waals surface area contributed by atoms with Crippen molar-refractivity contribution in [2.24, 2.45) is 5.92 Å². The number of ether oxygens (including phenoxy) is 1. The molecule has 0 aromatic carbocycles. The van der Waals surface area contributed by atoms with Crippen molar-refractivity contribution < 1.29 is 14.2 Å². The monoisotopic (exact) mass is 194 g/mol. The van der Waals surface area contributed by atoms with Gasteiger partial charge in [-0.25, -0.2) is 4.39 Å². The minimum Gasteiger partial charge on any atom is -0.387 e. The quantitative estimate of drug-likeness (QED) is 0.721. The van der Waals surface area contributed by atoms with Crippen molar-refractivity contribution in [3.8, 4) is 0 Å². The number of halogens is 1. The Bertz CT molecular complexity index is 154. The van der Waals surface area contributed by atoms with E-state index in [-0.39, 0.29) is 12.0 Å². The summed E-state index contributed by atoms with van der Waals surface area (Å²) < 4.78 is 18.5. The molecule has 4 atom stereocenters. The smallest absolute Gasteiger partial charge is 0.164 e. The highest BCUT2D eigenvalue weighted by molar-refractivity contribution is 7.99. The van der Waals surface area contributed by atoms with Crippen LogP contribution in [-0.4, -0.2) is 35.2 Å². The van der Waals surface area contributed by atoms with Crippen LogP contribution >= 0.6 is 11.8 Å². The van der Waals surface area contributed by atoms with Crippen molar-refractivity contribution in [2.45, 2.75) is 37.7 Å². The number of hydrogen-bond donors (Lipinski definition) is 1. The van der Waals surface area contributed by atoms with E-state index in [9.17, 15) is 9.50 Å². The molecule has 0 bridgehead atoms. The molecule has 1 N–H and O–H groups in total. The van der Waals surface area contributed by atoms with Crippen LogP contribution in [0.3, 0.4) is 0 Å². The highest BCUT2D eigenvalue weighted by atomic mass is 32.2. The summed E-state index contributed by atoms with van der Waals surface area (Å²) in [6.45, 7) is 3.84. The second-order valence-corrected chi connectivity index (χ2v) is 4.32. The summed E-state index contributed by atoms with van der Waals surface area (Å²) in [5, 5.41) is 9.42. The molecule has 2 nitrogen and oxygen atoms in total. The van der Waals surface area contributed by atoms with E-state index in [0.29, 0.717) is 0 Å². The minimum absolute atomic E-state index is 0.162. The molecule has 0 amide bonds. The fourth-order valence-electron chi connectivity index (χ4n) is 1.39. The maximum atomic E-state index is 13.2. The van der Waals surface area contributed by atoms with Gasteiger partial charge in [0.05, 0.1) is 6.10 Å². The summed E-state index contributed by atoms with van der Waals surface area (Å²) in [6.07, 6.45) is -0.764. The number of hydrogen-bond acceptors (Lipinski definition) is 3. The summed E-state index contributed by atoms with van der Waals surface area (Å²) in [5.41, 5.74) is -0.493. The van der Waals surface area contributed by atoms with Gasteiger partial charge in [-0.3, -0.25) is 0 Å². The van der Waals surface area contributed by atoms with Crippen LogP contribution < -0.4 is 0 Å². The number of thioether (sulfide) groups is 1. The Morgan fingerprint density at radius 2 is 2.08 bits per heavy atom. The molecule has 0 spiro atoms. The highest BCUT2D eigenvalue weighted by Gasteiger charge is 2.44. The normalized spacial score (nSPS) is 42.5. The SMILES string of the molecule is CS[C@@H]1O[C@H](C(C)C)[C@@H](O)[C@H]1F. The molecule has 72 valence electrons. The molecule has 0 radical (unpaired) electrons. The molecule has 0 aliphatic carbocycles. The molecule has 0 saturated carbocycles. The fourth-order valence-corrected chi connectivity index (χ4v) is 2.05. The molecule has 1 aliphatic heterocycles. The van der Waals surface area contributed by atoms with Crippen LogP contribution in [-0.2, 0) is 4.74 Å². The Kier molecular flexibility index (Phi) is 3.37. The average molecular weight is 194 g/mol. The van der Waals surface area contributed by atoms with Crippen LogP contribution in [0.4, 0.5) is 4.39 Å². The van der Waals surface area contributed by atoms with Gasteiger partial charge in [-0.05, 0) is 12.2 Å². The molecule has 0 unspecified atom stereocenters. The Labute approximate surface area is 76.5 Å². The zero-order valence-corrected chi connectivity index (χ0v) is 8.34. The van der Waals surface area contributed by atoms with Gasteiger partial charge in [-0.1, -0.05) is 13.8 Å². The van der Waals surface area contributed by atoms with Crippen molar-refractivity contribution in [3.05, 3.63) is 0 Å². The maximum Gasteiger partial charge on any atom is 0.164 e. The van der Waals surface area contributed by atoms with E-state index in [1.54, 1.807) is 6.26 Å². The topological polar surface area (TPSA) is 29.5 Å². The number of alkyl halides is 1. The van der Waals surface area contributed by atoms with Gasteiger partial charge in [0.1, 0.15) is 11.5 Å². The Morgan fingerprint density at radius 1 is 1.50 bits per heavy atom. The van der Waals surface area contributed by atoms with Gasteiger partial charge in [0.15, 0.2) is 6.17 Å². The summed E-state index contributed by atoms with van der Waals surface area (Å²) in [7, 11) is 0. The largest absolute Gasteiger partial charge is 0.387 e. The zero-order valence-electron chi connectivity index (χ0n) is 7.53. The molecule has 0 aromatic rings. The molecule has 12 heavy (non-hydrogen) atoms. The number of rotatable bonds is 2. The van der Waals surface area contributed by atoms with Crippen LogP contribution in [0.15, 0.2) is 0 Å². The van der Waals surface area contributed by atoms with E-state index >= 15 is 0 Å². The van der Waals surface area contributed by atoms with Crippen LogP contribution in [0.1, 0.15) is 13.8 Å². The van der Waals surface area contributed by atoms with Crippen LogP contribution in [0.25, 0.3) is 0 Å². The summed E-state index contributed by atoms with van der Waals surface area (Å²) >= 11 is 1.31. The van der Waals surface area contributed by atoms with Gasteiger partial charge in [0.25, 0.3) is 0 Å². The Balaban J connectivity index is 2.60. The van der Waals surface area contributed by atoms with Crippen molar-refractivity contribution in [3.63, 3.8) is 0 Å². The van der Waals surface area contributed by atoms with Gasteiger partial charge in [0.2, 0.25) is 0 Å². The maximum absolute atomic E-state index is 13.2. The van der Waals surface area contributed by atoms with Gasteiger partial charge in [0, 0.05) is 0 Å². The average Bonchev–Trinajstić information content (AvgIpc) is 2.30. The van der Waals surface area contributed by atoms with Gasteiger partial charge >= 0.3 is 0 Å². The van der Waals surface area contributed by atoms with E-state index in [0.717, 1.165) is 0 Å². The number of aliphatic hydroxyl groups is 1. The summed E-state index contributed by atoms with van der Waals surface area (Å²) in [5.74, 6) is 0.162. The fraction of sp³-hybridized carbons (Fsp3) is 1.00. The molecule has 1 saturated heterocycles. The minimum atomic E-state index is -1.24. The second kappa shape index (κ2) is 3.94. The van der Waals surface area contributed by atoms with Crippen LogP contribution in [0, 0.1) is 5.92 Å². The first-order valence-corrected chi connectivity index (χ1v) is 5.37. The predicted molar refractivity (Wildman–Crippen MR) is 47.9 cm³/mol. The molecule has 1 rings (SSSR count). The molecular formula is C8H15FO2S. The molecule has 1 fully saturated rings. The third kappa shape index (κ3) is 1.75. The lowest BCUT2D eigenvalue weighted by atomic mass is 10.0. The van der Waals surface area contributed by atoms with Crippen molar-refractivity contribution >= 4 is 11.8 Å². The van der Waals surface area contributed by atoms with Crippen molar-refractivity contribution in [2.75, 3.05) is 6.26 Å². The molecule has 0 aromatic heterocycles. The lowest BCUT2D eigenvalue weighted by Crippen LogP contribution is -2.31. The summed E-state index contributed by atoms with van der Waals surface area (Å²) in [4.78, 5) is 0. The van der Waals surface area contributed by atoms with E-state index in [1.807, 2.05) is 13.8 Å². The van der Waals surface area contributed by atoms with Gasteiger partial charge < -0.3 is 9.84 Å². The third-order valence-electron chi connectivity index (χ3n) is 2.10. The van der Waals surface area contributed by atoms with Crippen LogP contribution in [0.5, 0.6) is 0 Å². The Morgan fingerprint density at radius 3 is 2.33 bits per heavy atom. The first-order chi connectivity index (χ1) is 5.57. The summed E-state index contributed by atoms with van der Waals surface area (Å²) in [6, 6.07) is 0. The third-order valence-corrected chi connectivity index (χ3v) is 2.94. The van der Waals surface area contributed by atoms with E-state index in [1.165, 1.54) is 11.8 Å². The number of aliphatic hydroxyl groups excluding tert-OH is 1. The van der Waals surface area contributed by atoms with E-state index in [2.05, 4.69) is 0 Å². The molecule has 1 aliphatic rings. The van der Waals surface area contributed by atoms with E-state index < -0.39 is 17.7 Å². The second-order valence-electron chi connectivity index (χ2n) is 3.38. The first-order valence-electron chi connectivity index (χ1n) is 4.08. The lowest BCUT2D eigenvalue weighted by molar-refractivity contribution is 0.00267. The first kappa shape index (κ1) is 10.3.